The molecule has 0 radical (unpaired) electrons. The molecule has 1 aliphatic rings. The molecule has 8 heteroatoms. The topological polar surface area (TPSA) is 62.9 Å². The Morgan fingerprint density at radius 2 is 1.71 bits per heavy atom. The molecule has 5 rings (SSSR count). The van der Waals surface area contributed by atoms with Crippen LogP contribution in [0.4, 0.5) is 10.1 Å². The number of halogens is 1. The highest BCUT2D eigenvalue weighted by molar-refractivity contribution is 5.76. The molecule has 4 aromatic rings. The van der Waals surface area contributed by atoms with Gasteiger partial charge in [-0.25, -0.2) is 8.91 Å². The van der Waals surface area contributed by atoms with E-state index in [1.807, 2.05) is 4.90 Å². The average molecular weight is 474 g/mol. The summed E-state index contributed by atoms with van der Waals surface area (Å²) in [5.41, 5.74) is 5.26. The number of aryl methyl sites for hydroxylation is 3. The van der Waals surface area contributed by atoms with Gasteiger partial charge < -0.3 is 14.4 Å². The summed E-state index contributed by atoms with van der Waals surface area (Å²) in [7, 11) is 0. The molecule has 0 saturated carbocycles. The Labute approximate surface area is 203 Å². The number of hydrogen-bond acceptors (Lipinski definition) is 4. The smallest absolute Gasteiger partial charge is 0.276 e. The molecule has 3 heterocycles. The molecule has 7 nitrogen and oxygen atoms in total. The Balaban J connectivity index is 1.22. The first-order chi connectivity index (χ1) is 16.9. The number of anilines is 1. The SMILES string of the molecule is Cc1ccc(N2CCN(C(=O)CCn3ccn4nc(-c5ccc(F)cc5)cc4c3=O)CC2)c(C)c1. The third-order valence-electron chi connectivity index (χ3n) is 6.64. The highest BCUT2D eigenvalue weighted by Gasteiger charge is 2.22. The molecule has 0 bridgehead atoms. The highest BCUT2D eigenvalue weighted by atomic mass is 19.1. The number of carbonyl (C=O) groups is 1. The maximum Gasteiger partial charge on any atom is 0.276 e. The van der Waals surface area contributed by atoms with E-state index in [-0.39, 0.29) is 23.7 Å². The zero-order chi connectivity index (χ0) is 24.5. The molecular formula is C27H28FN5O2. The van der Waals surface area contributed by atoms with Crippen LogP contribution in [0.5, 0.6) is 0 Å². The number of aromatic nitrogens is 3. The fourth-order valence-corrected chi connectivity index (χ4v) is 4.70. The van der Waals surface area contributed by atoms with Crippen LogP contribution in [0.2, 0.25) is 0 Å². The minimum absolute atomic E-state index is 0.0533. The van der Waals surface area contributed by atoms with Gasteiger partial charge in [-0.05, 0) is 55.8 Å². The molecule has 2 aromatic carbocycles. The quantitative estimate of drug-likeness (QED) is 0.444. The predicted octanol–water partition coefficient (Wildman–Crippen LogP) is 3.66. The molecule has 0 N–H and O–H groups in total. The number of piperazine rings is 1. The van der Waals surface area contributed by atoms with Crippen molar-refractivity contribution in [2.24, 2.45) is 0 Å². The lowest BCUT2D eigenvalue weighted by Crippen LogP contribution is -2.49. The summed E-state index contributed by atoms with van der Waals surface area (Å²) in [5, 5.41) is 4.43. The maximum atomic E-state index is 13.2. The molecule has 35 heavy (non-hydrogen) atoms. The lowest BCUT2D eigenvalue weighted by atomic mass is 10.1. The van der Waals surface area contributed by atoms with E-state index in [0.29, 0.717) is 30.8 Å². The van der Waals surface area contributed by atoms with Crippen LogP contribution in [0.3, 0.4) is 0 Å². The van der Waals surface area contributed by atoms with Crippen LogP contribution >= 0.6 is 0 Å². The summed E-state index contributed by atoms with van der Waals surface area (Å²) >= 11 is 0. The number of amides is 1. The van der Waals surface area contributed by atoms with Crippen molar-refractivity contribution in [1.29, 1.82) is 0 Å². The lowest BCUT2D eigenvalue weighted by Gasteiger charge is -2.37. The first-order valence-corrected chi connectivity index (χ1v) is 11.8. The Morgan fingerprint density at radius 1 is 0.971 bits per heavy atom. The van der Waals surface area contributed by atoms with Crippen molar-refractivity contribution in [2.75, 3.05) is 31.1 Å². The number of rotatable bonds is 5. The van der Waals surface area contributed by atoms with Gasteiger partial charge in [0, 0.05) is 62.8 Å². The number of benzene rings is 2. The Morgan fingerprint density at radius 3 is 2.43 bits per heavy atom. The normalized spacial score (nSPS) is 14.0. The van der Waals surface area contributed by atoms with Gasteiger partial charge in [0.05, 0.1) is 5.69 Å². The van der Waals surface area contributed by atoms with Crippen molar-refractivity contribution < 1.29 is 9.18 Å². The first kappa shape index (κ1) is 22.8. The number of fused-ring (bicyclic) bond motifs is 1. The maximum absolute atomic E-state index is 13.2. The van der Waals surface area contributed by atoms with Crippen molar-refractivity contribution in [1.82, 2.24) is 19.1 Å². The molecule has 1 saturated heterocycles. The molecule has 0 aliphatic carbocycles. The van der Waals surface area contributed by atoms with Crippen molar-refractivity contribution in [3.63, 3.8) is 0 Å². The van der Waals surface area contributed by atoms with Crippen LogP contribution in [0.25, 0.3) is 16.8 Å². The van der Waals surface area contributed by atoms with E-state index in [0.717, 1.165) is 18.7 Å². The van der Waals surface area contributed by atoms with E-state index in [4.69, 9.17) is 0 Å². The fraction of sp³-hybridized carbons (Fsp3) is 0.296. The van der Waals surface area contributed by atoms with Crippen molar-refractivity contribution >= 4 is 17.1 Å². The van der Waals surface area contributed by atoms with Gasteiger partial charge in [0.1, 0.15) is 11.3 Å². The summed E-state index contributed by atoms with van der Waals surface area (Å²) in [6.07, 6.45) is 3.62. The largest absolute Gasteiger partial charge is 0.368 e. The fourth-order valence-electron chi connectivity index (χ4n) is 4.70. The van der Waals surface area contributed by atoms with Crippen LogP contribution in [0.1, 0.15) is 17.5 Å². The monoisotopic (exact) mass is 473 g/mol. The number of hydrogen-bond donors (Lipinski definition) is 0. The molecular weight excluding hydrogens is 445 g/mol. The van der Waals surface area contributed by atoms with Gasteiger partial charge in [0.15, 0.2) is 0 Å². The third kappa shape index (κ3) is 4.69. The van der Waals surface area contributed by atoms with E-state index >= 15 is 0 Å². The van der Waals surface area contributed by atoms with E-state index < -0.39 is 0 Å². The minimum Gasteiger partial charge on any atom is -0.368 e. The summed E-state index contributed by atoms with van der Waals surface area (Å²) in [6.45, 7) is 7.45. The van der Waals surface area contributed by atoms with Crippen LogP contribution in [0, 0.1) is 19.7 Å². The lowest BCUT2D eigenvalue weighted by molar-refractivity contribution is -0.131. The first-order valence-electron chi connectivity index (χ1n) is 11.8. The molecule has 2 aromatic heterocycles. The Bertz CT molecular complexity index is 1430. The average Bonchev–Trinajstić information content (AvgIpc) is 3.29. The minimum atomic E-state index is -0.323. The van der Waals surface area contributed by atoms with E-state index in [1.165, 1.54) is 33.5 Å². The summed E-state index contributed by atoms with van der Waals surface area (Å²) in [4.78, 5) is 30.1. The van der Waals surface area contributed by atoms with Gasteiger partial charge in [-0.1, -0.05) is 17.7 Å². The van der Waals surface area contributed by atoms with Gasteiger partial charge in [-0.3, -0.25) is 9.59 Å². The molecule has 1 amide bonds. The zero-order valence-electron chi connectivity index (χ0n) is 19.9. The van der Waals surface area contributed by atoms with Crippen LogP contribution < -0.4 is 10.5 Å². The second-order valence-electron chi connectivity index (χ2n) is 9.07. The molecule has 0 atom stereocenters. The van der Waals surface area contributed by atoms with Gasteiger partial charge >= 0.3 is 0 Å². The van der Waals surface area contributed by atoms with Gasteiger partial charge in [0.2, 0.25) is 5.91 Å². The standard InChI is InChI=1S/C27H28FN5O2/c1-19-3-8-24(20(2)17-19)30-11-13-31(14-12-30)26(34)9-10-32-15-16-33-25(27(32)35)18-23(29-33)21-4-6-22(28)7-5-21/h3-8,15-18H,9-14H2,1-2H3. The van der Waals surface area contributed by atoms with Crippen LogP contribution in [0.15, 0.2) is 65.7 Å². The van der Waals surface area contributed by atoms with Gasteiger partial charge in [-0.2, -0.15) is 5.10 Å². The molecule has 0 unspecified atom stereocenters. The van der Waals surface area contributed by atoms with Crippen molar-refractivity contribution in [3.8, 4) is 11.3 Å². The third-order valence-corrected chi connectivity index (χ3v) is 6.64. The summed E-state index contributed by atoms with van der Waals surface area (Å²) in [6, 6.07) is 14.2. The molecule has 180 valence electrons. The van der Waals surface area contributed by atoms with Crippen LogP contribution in [-0.4, -0.2) is 51.2 Å². The van der Waals surface area contributed by atoms with E-state index in [9.17, 15) is 14.0 Å². The molecule has 0 spiro atoms. The second-order valence-corrected chi connectivity index (χ2v) is 9.07. The van der Waals surface area contributed by atoms with Crippen molar-refractivity contribution in [2.45, 2.75) is 26.8 Å². The Kier molecular flexibility index (Phi) is 6.11. The second kappa shape index (κ2) is 9.37. The van der Waals surface area contributed by atoms with Crippen molar-refractivity contribution in [3.05, 3.63) is 88.2 Å². The summed E-state index contributed by atoms with van der Waals surface area (Å²) < 4.78 is 16.3. The van der Waals surface area contributed by atoms with Crippen LogP contribution in [-0.2, 0) is 11.3 Å². The van der Waals surface area contributed by atoms with E-state index in [2.05, 4.69) is 42.0 Å². The van der Waals surface area contributed by atoms with Gasteiger partial charge in [0.25, 0.3) is 5.56 Å². The zero-order valence-corrected chi connectivity index (χ0v) is 19.9. The number of nitrogens with zero attached hydrogens (tertiary/aromatic N) is 5. The Hall–Kier alpha value is -3.94. The van der Waals surface area contributed by atoms with Gasteiger partial charge in [-0.15, -0.1) is 0 Å². The number of carbonyl (C=O) groups excluding carboxylic acids is 1. The predicted molar refractivity (Wildman–Crippen MR) is 134 cm³/mol. The highest BCUT2D eigenvalue weighted by Crippen LogP contribution is 2.23. The molecule has 1 fully saturated rings. The van der Waals surface area contributed by atoms with E-state index in [1.54, 1.807) is 35.2 Å². The summed E-state index contributed by atoms with van der Waals surface area (Å²) in [5.74, 6) is -0.270. The molecule has 1 aliphatic heterocycles.